The molecule has 2 saturated heterocycles. The summed E-state index contributed by atoms with van der Waals surface area (Å²) in [7, 11) is 1.39. The number of non-ortho nitro benzene ring substituents is 1. The summed E-state index contributed by atoms with van der Waals surface area (Å²) in [6.45, 7) is 2.54. The maximum absolute atomic E-state index is 13.8. The number of nitro benzene ring substituents is 1. The molecule has 3 aromatic rings. The van der Waals surface area contributed by atoms with Gasteiger partial charge >= 0.3 is 0 Å². The highest BCUT2D eigenvalue weighted by molar-refractivity contribution is 6.24. The number of hydrogen-bond donors (Lipinski definition) is 1. The van der Waals surface area contributed by atoms with Crippen LogP contribution in [0.25, 0.3) is 0 Å². The molecule has 11 heteroatoms. The molecule has 2 heterocycles. The molecule has 0 aliphatic carbocycles. The Bertz CT molecular complexity index is 1390. The number of nitro groups is 1. The molecule has 0 aromatic heterocycles. The highest BCUT2D eigenvalue weighted by atomic mass is 16.7. The average Bonchev–Trinajstić information content (AvgIpc) is 3.44. The monoisotopic (exact) mass is 519 g/mol. The minimum atomic E-state index is -1.16. The Morgan fingerprint density at radius 2 is 1.79 bits per heavy atom. The fourth-order valence-corrected chi connectivity index (χ4v) is 4.76. The van der Waals surface area contributed by atoms with Crippen molar-refractivity contribution < 1.29 is 33.9 Å². The molecule has 2 aliphatic rings. The zero-order valence-electron chi connectivity index (χ0n) is 20.6. The zero-order chi connectivity index (χ0) is 27.0. The number of carbonyl (C=O) groups is 2. The van der Waals surface area contributed by atoms with Crippen LogP contribution in [-0.2, 0) is 14.4 Å². The van der Waals surface area contributed by atoms with Crippen LogP contribution in [0.3, 0.4) is 0 Å². The van der Waals surface area contributed by atoms with Gasteiger partial charge in [-0.2, -0.15) is 0 Å². The standard InChI is InChI=1S/C27H25N3O8/c1-3-13-37-20-10-8-17(9-11-20)28-26(32)23-24(16-7-12-21(31)22(14-16)36-2)29(38-25(23)27(28)33)18-5-4-6-19(15-18)30(34)35/h4-12,14-15,23-25,31H,3,13H2,1-2H3/t23-,24+,25-/m0/s1. The normalized spacial score (nSPS) is 20.5. The van der Waals surface area contributed by atoms with Crippen LogP contribution in [0.1, 0.15) is 24.9 Å². The summed E-state index contributed by atoms with van der Waals surface area (Å²) >= 11 is 0. The number of fused-ring (bicyclic) bond motifs is 1. The van der Waals surface area contributed by atoms with Gasteiger partial charge in [-0.25, -0.2) is 9.96 Å². The van der Waals surface area contributed by atoms with Crippen LogP contribution < -0.4 is 19.4 Å². The van der Waals surface area contributed by atoms with Crippen LogP contribution in [0.2, 0.25) is 0 Å². The van der Waals surface area contributed by atoms with Crippen molar-refractivity contribution >= 4 is 28.9 Å². The van der Waals surface area contributed by atoms with Crippen molar-refractivity contribution in [2.24, 2.45) is 5.92 Å². The van der Waals surface area contributed by atoms with Gasteiger partial charge in [0.1, 0.15) is 11.7 Å². The van der Waals surface area contributed by atoms with Gasteiger partial charge in [-0.3, -0.25) is 24.5 Å². The first-order chi connectivity index (χ1) is 18.3. The second-order valence-corrected chi connectivity index (χ2v) is 8.88. The van der Waals surface area contributed by atoms with E-state index in [1.807, 2.05) is 6.92 Å². The van der Waals surface area contributed by atoms with E-state index in [4.69, 9.17) is 14.3 Å². The maximum atomic E-state index is 13.8. The maximum Gasteiger partial charge on any atom is 0.271 e. The van der Waals surface area contributed by atoms with Crippen LogP contribution in [0.5, 0.6) is 17.2 Å². The van der Waals surface area contributed by atoms with Crippen LogP contribution in [0, 0.1) is 16.0 Å². The molecule has 0 saturated carbocycles. The van der Waals surface area contributed by atoms with E-state index < -0.39 is 34.8 Å². The first-order valence-corrected chi connectivity index (χ1v) is 12.0. The van der Waals surface area contributed by atoms with Gasteiger partial charge in [0.15, 0.2) is 17.6 Å². The van der Waals surface area contributed by atoms with Gasteiger partial charge in [-0.1, -0.05) is 19.1 Å². The number of nitrogens with zero attached hydrogens (tertiary/aromatic N) is 3. The summed E-state index contributed by atoms with van der Waals surface area (Å²) in [6, 6.07) is 16.1. The Morgan fingerprint density at radius 3 is 2.47 bits per heavy atom. The molecule has 2 amide bonds. The predicted octanol–water partition coefficient (Wildman–Crippen LogP) is 4.15. The Labute approximate surface area is 217 Å². The van der Waals surface area contributed by atoms with Gasteiger partial charge in [-0.05, 0) is 54.4 Å². The van der Waals surface area contributed by atoms with Gasteiger partial charge < -0.3 is 14.6 Å². The van der Waals surface area contributed by atoms with Gasteiger partial charge in [0.05, 0.1) is 36.1 Å². The van der Waals surface area contributed by atoms with E-state index in [0.29, 0.717) is 29.3 Å². The number of anilines is 2. The van der Waals surface area contributed by atoms with Crippen molar-refractivity contribution in [3.05, 3.63) is 82.4 Å². The number of phenolic OH excluding ortho intramolecular Hbond substituents is 1. The number of aromatic hydroxyl groups is 1. The van der Waals surface area contributed by atoms with Crippen molar-refractivity contribution in [2.75, 3.05) is 23.7 Å². The van der Waals surface area contributed by atoms with Crippen LogP contribution >= 0.6 is 0 Å². The molecule has 1 N–H and O–H groups in total. The van der Waals surface area contributed by atoms with Crippen LogP contribution in [0.4, 0.5) is 17.1 Å². The smallest absolute Gasteiger partial charge is 0.271 e. The lowest BCUT2D eigenvalue weighted by Crippen LogP contribution is -2.37. The van der Waals surface area contributed by atoms with Gasteiger partial charge in [0.2, 0.25) is 5.91 Å². The number of carbonyl (C=O) groups excluding carboxylic acids is 2. The van der Waals surface area contributed by atoms with E-state index in [1.54, 1.807) is 42.5 Å². The zero-order valence-corrected chi connectivity index (χ0v) is 20.6. The lowest BCUT2D eigenvalue weighted by atomic mass is 9.90. The first kappa shape index (κ1) is 25.0. The highest BCUT2D eigenvalue weighted by Gasteiger charge is 2.60. The number of imide groups is 1. The quantitative estimate of drug-likeness (QED) is 0.265. The molecule has 0 bridgehead atoms. The predicted molar refractivity (Wildman–Crippen MR) is 136 cm³/mol. The number of ether oxygens (including phenoxy) is 2. The number of benzene rings is 3. The molecule has 2 aliphatic heterocycles. The molecule has 38 heavy (non-hydrogen) atoms. The SMILES string of the molecule is CCCOc1ccc(N2C(=O)[C@@H]3[C@H](ON(c4cccc([N+](=O)[O-])c4)[C@@H]3c3ccc(O)c(OC)c3)C2=O)cc1. The number of amides is 2. The fraction of sp³-hybridized carbons (Fsp3) is 0.259. The number of rotatable bonds is 8. The summed E-state index contributed by atoms with van der Waals surface area (Å²) in [5, 5.41) is 22.9. The van der Waals surface area contributed by atoms with Crippen molar-refractivity contribution in [3.8, 4) is 17.2 Å². The molecular formula is C27H25N3O8. The van der Waals surface area contributed by atoms with E-state index in [0.717, 1.165) is 11.3 Å². The number of phenols is 1. The molecule has 2 fully saturated rings. The Morgan fingerprint density at radius 1 is 1.03 bits per heavy atom. The lowest BCUT2D eigenvalue weighted by molar-refractivity contribution is -0.384. The van der Waals surface area contributed by atoms with Crippen molar-refractivity contribution in [2.45, 2.75) is 25.5 Å². The summed E-state index contributed by atoms with van der Waals surface area (Å²) < 4.78 is 10.8. The minimum Gasteiger partial charge on any atom is -0.504 e. The van der Waals surface area contributed by atoms with E-state index in [-0.39, 0.29) is 17.2 Å². The van der Waals surface area contributed by atoms with Gasteiger partial charge in [0.25, 0.3) is 11.6 Å². The Hall–Kier alpha value is -4.64. The van der Waals surface area contributed by atoms with Crippen LogP contribution in [0.15, 0.2) is 66.7 Å². The molecule has 3 aromatic carbocycles. The number of hydroxylamine groups is 1. The summed E-state index contributed by atoms with van der Waals surface area (Å²) in [4.78, 5) is 45.3. The number of methoxy groups -OCH3 is 1. The second-order valence-electron chi connectivity index (χ2n) is 8.88. The third-order valence-corrected chi connectivity index (χ3v) is 6.52. The molecule has 0 unspecified atom stereocenters. The highest BCUT2D eigenvalue weighted by Crippen LogP contribution is 2.49. The molecule has 3 atom stereocenters. The Balaban J connectivity index is 1.55. The molecule has 11 nitrogen and oxygen atoms in total. The molecule has 0 spiro atoms. The van der Waals surface area contributed by atoms with E-state index in [2.05, 4.69) is 0 Å². The van der Waals surface area contributed by atoms with Crippen LogP contribution in [-0.4, -0.2) is 41.7 Å². The molecule has 5 rings (SSSR count). The summed E-state index contributed by atoms with van der Waals surface area (Å²) in [5.74, 6) is -1.31. The van der Waals surface area contributed by atoms with Crippen molar-refractivity contribution in [3.63, 3.8) is 0 Å². The summed E-state index contributed by atoms with van der Waals surface area (Å²) in [6.07, 6.45) is -0.321. The fourth-order valence-electron chi connectivity index (χ4n) is 4.76. The van der Waals surface area contributed by atoms with E-state index in [1.165, 1.54) is 36.4 Å². The average molecular weight is 520 g/mol. The third kappa shape index (κ3) is 4.26. The number of hydrogen-bond acceptors (Lipinski definition) is 9. The first-order valence-electron chi connectivity index (χ1n) is 12.0. The third-order valence-electron chi connectivity index (χ3n) is 6.52. The van der Waals surface area contributed by atoms with Gasteiger partial charge in [-0.15, -0.1) is 0 Å². The van der Waals surface area contributed by atoms with E-state index >= 15 is 0 Å². The van der Waals surface area contributed by atoms with E-state index in [9.17, 15) is 24.8 Å². The second kappa shape index (κ2) is 10.0. The molecule has 0 radical (unpaired) electrons. The largest absolute Gasteiger partial charge is 0.504 e. The van der Waals surface area contributed by atoms with Crippen molar-refractivity contribution in [1.82, 2.24) is 0 Å². The van der Waals surface area contributed by atoms with Crippen molar-refractivity contribution in [1.29, 1.82) is 0 Å². The summed E-state index contributed by atoms with van der Waals surface area (Å²) in [5.41, 5.74) is 1.03. The Kier molecular flexibility index (Phi) is 6.60. The minimum absolute atomic E-state index is 0.102. The topological polar surface area (TPSA) is 132 Å². The molecule has 196 valence electrons. The lowest BCUT2D eigenvalue weighted by Gasteiger charge is -2.29. The van der Waals surface area contributed by atoms with Gasteiger partial charge in [0, 0.05) is 12.1 Å². The molecular weight excluding hydrogens is 494 g/mol.